The zero-order chi connectivity index (χ0) is 14.3. The second-order valence-electron chi connectivity index (χ2n) is 6.00. The molecular formula is C13H39HfSi4-. The van der Waals surface area contributed by atoms with Crippen molar-refractivity contribution < 1.29 is 25.8 Å². The number of hydrogen-bond donors (Lipinski definition) is 0. The molecule has 0 nitrogen and oxygen atoms in total. The van der Waals surface area contributed by atoms with Gasteiger partial charge in [-0.05, 0) is 0 Å². The average molecular weight is 486 g/mol. The van der Waals surface area contributed by atoms with Crippen LogP contribution in [-0.4, -0.2) is 35.2 Å². The standard InChI is InChI=1S/4C3H9Si.CH3.Hf/c4*1-4(2)3;;/h4*1-3H3;1H3;/q;;;;-1;. The maximum absolute atomic E-state index is 2.27. The molecule has 0 aliphatic rings. The fraction of sp³-hybridized carbons (Fsp3) is 0.923. The van der Waals surface area contributed by atoms with E-state index in [0.29, 0.717) is 0 Å². The molecule has 0 unspecified atom stereocenters. The van der Waals surface area contributed by atoms with Crippen LogP contribution in [0.15, 0.2) is 0 Å². The zero-order valence-corrected chi connectivity index (χ0v) is 23.1. The van der Waals surface area contributed by atoms with Crippen molar-refractivity contribution in [2.45, 2.75) is 78.6 Å². The number of hydrogen-bond acceptors (Lipinski definition) is 0. The Labute approximate surface area is 146 Å². The van der Waals surface area contributed by atoms with E-state index in [1.807, 2.05) is 0 Å². The third kappa shape index (κ3) is 1650. The van der Waals surface area contributed by atoms with Gasteiger partial charge in [0.2, 0.25) is 0 Å². The minimum absolute atomic E-state index is 0. The molecule has 0 spiro atoms. The molecule has 0 aliphatic heterocycles. The molecule has 0 amide bonds. The first-order chi connectivity index (χ1) is 6.93. The van der Waals surface area contributed by atoms with E-state index >= 15 is 0 Å². The summed E-state index contributed by atoms with van der Waals surface area (Å²) in [5.74, 6) is 0. The van der Waals surface area contributed by atoms with E-state index in [-0.39, 0.29) is 68.5 Å². The molecule has 0 saturated heterocycles. The third-order valence-corrected chi connectivity index (χ3v) is 0. The van der Waals surface area contributed by atoms with Gasteiger partial charge in [-0.25, -0.2) is 0 Å². The van der Waals surface area contributed by atoms with Gasteiger partial charge in [0, 0.05) is 61.0 Å². The van der Waals surface area contributed by atoms with Crippen LogP contribution in [0.3, 0.4) is 0 Å². The van der Waals surface area contributed by atoms with E-state index in [9.17, 15) is 0 Å². The Kier molecular flexibility index (Phi) is 63.7. The summed E-state index contributed by atoms with van der Waals surface area (Å²) in [5, 5.41) is 0. The van der Waals surface area contributed by atoms with Crippen molar-refractivity contribution in [2.75, 3.05) is 0 Å². The molecule has 0 aromatic heterocycles. The van der Waals surface area contributed by atoms with E-state index in [4.69, 9.17) is 0 Å². The van der Waals surface area contributed by atoms with Crippen LogP contribution in [0.2, 0.25) is 78.6 Å². The van der Waals surface area contributed by atoms with Gasteiger partial charge in [-0.2, -0.15) is 0 Å². The number of rotatable bonds is 0. The maximum atomic E-state index is 2.27. The van der Waals surface area contributed by atoms with Crippen molar-refractivity contribution in [3.8, 4) is 0 Å². The monoisotopic (exact) mass is 487 g/mol. The van der Waals surface area contributed by atoms with Crippen LogP contribution in [0.25, 0.3) is 0 Å². The molecule has 5 heteroatoms. The fourth-order valence-corrected chi connectivity index (χ4v) is 0. The van der Waals surface area contributed by atoms with Crippen molar-refractivity contribution in [1.29, 1.82) is 0 Å². The van der Waals surface area contributed by atoms with Crippen LogP contribution in [0.5, 0.6) is 0 Å². The molecule has 0 saturated carbocycles. The molecule has 0 aromatic carbocycles. The van der Waals surface area contributed by atoms with Gasteiger partial charge in [0.15, 0.2) is 0 Å². The van der Waals surface area contributed by atoms with Crippen molar-refractivity contribution in [3.63, 3.8) is 0 Å². The van der Waals surface area contributed by atoms with Gasteiger partial charge in [-0.1, -0.05) is 78.6 Å². The molecule has 0 aliphatic carbocycles. The maximum Gasteiger partial charge on any atom is 0.0379 e. The first-order valence-corrected chi connectivity index (χ1v) is 18.0. The second kappa shape index (κ2) is 31.2. The summed E-state index contributed by atoms with van der Waals surface area (Å²) < 4.78 is 0. The van der Waals surface area contributed by atoms with Crippen molar-refractivity contribution in [1.82, 2.24) is 0 Å². The van der Waals surface area contributed by atoms with Gasteiger partial charge in [0.25, 0.3) is 0 Å². The Morgan fingerprint density at radius 3 is 0.333 bits per heavy atom. The molecule has 0 atom stereocenters. The molecule has 0 rings (SSSR count). The van der Waals surface area contributed by atoms with Gasteiger partial charge in [0.1, 0.15) is 0 Å². The van der Waals surface area contributed by atoms with Gasteiger partial charge in [-0.15, -0.1) is 0 Å². The Bertz CT molecular complexity index is 62.0. The molecule has 0 aromatic rings. The van der Waals surface area contributed by atoms with Crippen LogP contribution in [-0.2, 0) is 25.8 Å². The summed E-state index contributed by atoms with van der Waals surface area (Å²) in [4.78, 5) is 0. The molecular weight excluding hydrogens is 447 g/mol. The summed E-state index contributed by atoms with van der Waals surface area (Å²) in [5.41, 5.74) is 0. The van der Waals surface area contributed by atoms with Crippen LogP contribution < -0.4 is 0 Å². The molecule has 0 heterocycles. The predicted molar refractivity (Wildman–Crippen MR) is 99.8 cm³/mol. The smallest absolute Gasteiger partial charge is 0.0379 e. The Hall–Kier alpha value is 1.74. The minimum Gasteiger partial charge on any atom is -0.358 e. The van der Waals surface area contributed by atoms with Crippen LogP contribution in [0.4, 0.5) is 0 Å². The summed E-state index contributed by atoms with van der Waals surface area (Å²) in [6.07, 6.45) is 0. The Morgan fingerprint density at radius 2 is 0.333 bits per heavy atom. The molecule has 0 fully saturated rings. The summed E-state index contributed by atoms with van der Waals surface area (Å²) in [7, 11) is 0.481. The molecule has 4 radical (unpaired) electrons. The SMILES string of the molecule is C[Si](C)C.C[Si](C)C.C[Si](C)C.C[Si](C)C.[CH3-].[Hf]. The molecule has 112 valence electrons. The summed E-state index contributed by atoms with van der Waals surface area (Å²) in [6, 6.07) is 0. The van der Waals surface area contributed by atoms with E-state index < -0.39 is 0 Å². The van der Waals surface area contributed by atoms with Crippen LogP contribution in [0.1, 0.15) is 0 Å². The first-order valence-electron chi connectivity index (χ1n) is 6.00. The van der Waals surface area contributed by atoms with Gasteiger partial charge in [-0.3, -0.25) is 0 Å². The van der Waals surface area contributed by atoms with E-state index in [1.54, 1.807) is 0 Å². The second-order valence-corrected chi connectivity index (χ2v) is 18.0. The van der Waals surface area contributed by atoms with Gasteiger partial charge >= 0.3 is 0 Å². The van der Waals surface area contributed by atoms with Crippen LogP contribution >= 0.6 is 0 Å². The zero-order valence-electron chi connectivity index (χ0n) is 15.5. The molecule has 0 N–H and O–H groups in total. The van der Waals surface area contributed by atoms with Gasteiger partial charge in [0.05, 0.1) is 0 Å². The largest absolute Gasteiger partial charge is 0.358 e. The summed E-state index contributed by atoms with van der Waals surface area (Å²) >= 11 is 0. The quantitative estimate of drug-likeness (QED) is 0.294. The normalized spacial score (nSPS) is 8.00. The Balaban J connectivity index is -0.0000000257. The van der Waals surface area contributed by atoms with Crippen LogP contribution in [0, 0.1) is 7.43 Å². The minimum atomic E-state index is 0. The summed E-state index contributed by atoms with van der Waals surface area (Å²) in [6.45, 7) is 27.2. The topological polar surface area (TPSA) is 0 Å². The van der Waals surface area contributed by atoms with Crippen molar-refractivity contribution >= 4 is 35.2 Å². The predicted octanol–water partition coefficient (Wildman–Crippen LogP) is 5.93. The van der Waals surface area contributed by atoms with E-state index in [0.717, 1.165) is 0 Å². The Morgan fingerprint density at radius 1 is 0.333 bits per heavy atom. The van der Waals surface area contributed by atoms with E-state index in [1.165, 1.54) is 0 Å². The molecule has 18 heavy (non-hydrogen) atoms. The fourth-order valence-electron chi connectivity index (χ4n) is 0. The van der Waals surface area contributed by atoms with E-state index in [2.05, 4.69) is 78.6 Å². The van der Waals surface area contributed by atoms with Gasteiger partial charge < -0.3 is 7.43 Å². The van der Waals surface area contributed by atoms with Crippen molar-refractivity contribution in [3.05, 3.63) is 7.43 Å². The average Bonchev–Trinajstić information content (AvgIpc) is 1.76. The first kappa shape index (κ1) is 36.7. The third-order valence-electron chi connectivity index (χ3n) is 0. The molecule has 0 bridgehead atoms. The van der Waals surface area contributed by atoms with Crippen molar-refractivity contribution in [2.24, 2.45) is 0 Å².